The van der Waals surface area contributed by atoms with E-state index in [-0.39, 0.29) is 0 Å². The average Bonchev–Trinajstić information content (AvgIpc) is 2.91. The van der Waals surface area contributed by atoms with Gasteiger partial charge in [0.05, 0.1) is 11.3 Å². The summed E-state index contributed by atoms with van der Waals surface area (Å²) in [6.07, 6.45) is 0. The van der Waals surface area contributed by atoms with Gasteiger partial charge in [-0.1, -0.05) is 22.0 Å². The van der Waals surface area contributed by atoms with Crippen molar-refractivity contribution in [2.24, 2.45) is 0 Å². The highest BCUT2D eigenvalue weighted by Gasteiger charge is 2.16. The Morgan fingerprint density at radius 3 is 2.81 bits per heavy atom. The highest BCUT2D eigenvalue weighted by molar-refractivity contribution is 9.10. The van der Waals surface area contributed by atoms with E-state index in [1.807, 2.05) is 25.1 Å². The summed E-state index contributed by atoms with van der Waals surface area (Å²) in [4.78, 5) is 0. The molecule has 2 N–H and O–H groups in total. The molecule has 0 saturated carbocycles. The molecule has 0 fully saturated rings. The summed E-state index contributed by atoms with van der Waals surface area (Å²) in [5.74, 6) is -0.132. The Morgan fingerprint density at radius 1 is 1.24 bits per heavy atom. The van der Waals surface area contributed by atoms with Gasteiger partial charge in [0.25, 0.3) is 0 Å². The van der Waals surface area contributed by atoms with Crippen molar-refractivity contribution >= 4 is 21.6 Å². The van der Waals surface area contributed by atoms with Gasteiger partial charge in [-0.25, -0.2) is 4.39 Å². The molecule has 0 spiro atoms. The van der Waals surface area contributed by atoms with E-state index in [1.54, 1.807) is 12.1 Å². The predicted octanol–water partition coefficient (Wildman–Crippen LogP) is 3.12. The molecule has 0 atom stereocenters. The first-order valence-electron chi connectivity index (χ1n) is 6.17. The number of nitrogen functional groups attached to an aromatic ring is 1. The molecule has 0 radical (unpaired) electrons. The van der Waals surface area contributed by atoms with Crippen molar-refractivity contribution in [3.05, 3.63) is 52.3 Å². The van der Waals surface area contributed by atoms with Gasteiger partial charge in [-0.05, 0) is 53.2 Å². The van der Waals surface area contributed by atoms with E-state index < -0.39 is 5.82 Å². The van der Waals surface area contributed by atoms with Gasteiger partial charge in [-0.3, -0.25) is 0 Å². The second kappa shape index (κ2) is 5.25. The van der Waals surface area contributed by atoms with Crippen LogP contribution in [0, 0.1) is 12.7 Å². The van der Waals surface area contributed by atoms with Crippen molar-refractivity contribution in [3.8, 4) is 17.1 Å². The fourth-order valence-electron chi connectivity index (χ4n) is 2.06. The fourth-order valence-corrected chi connectivity index (χ4v) is 2.41. The number of halogens is 2. The van der Waals surface area contributed by atoms with Gasteiger partial charge in [0.15, 0.2) is 5.82 Å². The molecule has 5 nitrogen and oxygen atoms in total. The SMILES string of the molecule is Cc1c(Br)cccc1-n1nnnc1-c1ccc(N)cc1F. The van der Waals surface area contributed by atoms with Gasteiger partial charge < -0.3 is 5.73 Å². The van der Waals surface area contributed by atoms with Crippen LogP contribution >= 0.6 is 15.9 Å². The van der Waals surface area contributed by atoms with E-state index in [1.165, 1.54) is 10.7 Å². The van der Waals surface area contributed by atoms with E-state index in [0.29, 0.717) is 17.1 Å². The van der Waals surface area contributed by atoms with Crippen LogP contribution in [0.25, 0.3) is 17.1 Å². The van der Waals surface area contributed by atoms with Gasteiger partial charge in [0.2, 0.25) is 0 Å². The van der Waals surface area contributed by atoms with Crippen LogP contribution in [0.3, 0.4) is 0 Å². The van der Waals surface area contributed by atoms with Crippen molar-refractivity contribution in [1.82, 2.24) is 20.2 Å². The molecule has 21 heavy (non-hydrogen) atoms. The highest BCUT2D eigenvalue weighted by atomic mass is 79.9. The number of rotatable bonds is 2. The average molecular weight is 348 g/mol. The van der Waals surface area contributed by atoms with Crippen molar-refractivity contribution < 1.29 is 4.39 Å². The number of anilines is 1. The van der Waals surface area contributed by atoms with E-state index in [4.69, 9.17) is 5.73 Å². The molecule has 0 amide bonds. The van der Waals surface area contributed by atoms with E-state index in [2.05, 4.69) is 31.5 Å². The predicted molar refractivity (Wildman–Crippen MR) is 81.4 cm³/mol. The Morgan fingerprint density at radius 2 is 2.05 bits per heavy atom. The zero-order valence-corrected chi connectivity index (χ0v) is 12.7. The van der Waals surface area contributed by atoms with E-state index in [0.717, 1.165) is 15.7 Å². The topological polar surface area (TPSA) is 69.6 Å². The smallest absolute Gasteiger partial charge is 0.190 e. The molecule has 2 aromatic carbocycles. The molecular weight excluding hydrogens is 337 g/mol. The van der Waals surface area contributed by atoms with Crippen LogP contribution in [0.5, 0.6) is 0 Å². The maximum atomic E-state index is 14.1. The van der Waals surface area contributed by atoms with Crippen LogP contribution in [0.4, 0.5) is 10.1 Å². The molecule has 0 saturated heterocycles. The van der Waals surface area contributed by atoms with Crippen molar-refractivity contribution in [1.29, 1.82) is 0 Å². The van der Waals surface area contributed by atoms with Crippen LogP contribution in [0.15, 0.2) is 40.9 Å². The first-order valence-corrected chi connectivity index (χ1v) is 6.96. The lowest BCUT2D eigenvalue weighted by atomic mass is 10.1. The minimum absolute atomic E-state index is 0.300. The van der Waals surface area contributed by atoms with Gasteiger partial charge in [0, 0.05) is 10.2 Å². The van der Waals surface area contributed by atoms with Gasteiger partial charge >= 0.3 is 0 Å². The lowest BCUT2D eigenvalue weighted by Gasteiger charge is -2.09. The molecule has 0 aliphatic carbocycles. The Kier molecular flexibility index (Phi) is 3.42. The minimum atomic E-state index is -0.460. The molecule has 3 rings (SSSR count). The summed E-state index contributed by atoms with van der Waals surface area (Å²) in [7, 11) is 0. The molecule has 1 heterocycles. The minimum Gasteiger partial charge on any atom is -0.399 e. The van der Waals surface area contributed by atoms with Crippen molar-refractivity contribution in [2.75, 3.05) is 5.73 Å². The summed E-state index contributed by atoms with van der Waals surface area (Å²) in [6.45, 7) is 1.93. The van der Waals surface area contributed by atoms with Crippen LogP contribution in [-0.2, 0) is 0 Å². The molecule has 0 bridgehead atoms. The molecule has 0 aliphatic heterocycles. The molecule has 1 aromatic heterocycles. The van der Waals surface area contributed by atoms with Crippen LogP contribution in [0.2, 0.25) is 0 Å². The molecule has 7 heteroatoms. The highest BCUT2D eigenvalue weighted by Crippen LogP contribution is 2.27. The first-order chi connectivity index (χ1) is 10.1. The molecule has 0 aliphatic rings. The lowest BCUT2D eigenvalue weighted by molar-refractivity contribution is 0.629. The standard InChI is InChI=1S/C14H11BrFN5/c1-8-11(15)3-2-4-13(8)21-14(18-19-20-21)10-6-5-9(17)7-12(10)16/h2-7H,17H2,1H3. The van der Waals surface area contributed by atoms with Gasteiger partial charge in [-0.15, -0.1) is 5.10 Å². The summed E-state index contributed by atoms with van der Waals surface area (Å²) < 4.78 is 16.5. The maximum absolute atomic E-state index is 14.1. The number of hydrogen-bond acceptors (Lipinski definition) is 4. The van der Waals surface area contributed by atoms with Gasteiger partial charge in [0.1, 0.15) is 5.82 Å². The quantitative estimate of drug-likeness (QED) is 0.723. The number of hydrogen-bond donors (Lipinski definition) is 1. The maximum Gasteiger partial charge on any atom is 0.190 e. The summed E-state index contributed by atoms with van der Waals surface area (Å²) in [6, 6.07) is 10.1. The molecule has 106 valence electrons. The second-order valence-corrected chi connectivity index (χ2v) is 5.39. The molecular formula is C14H11BrFN5. The van der Waals surface area contributed by atoms with E-state index >= 15 is 0 Å². The number of nitrogens with zero attached hydrogens (tertiary/aromatic N) is 4. The summed E-state index contributed by atoms with van der Waals surface area (Å²) >= 11 is 3.46. The fraction of sp³-hybridized carbons (Fsp3) is 0.0714. The molecule has 0 unspecified atom stereocenters. The van der Waals surface area contributed by atoms with Crippen LogP contribution in [0.1, 0.15) is 5.56 Å². The Hall–Kier alpha value is -2.28. The largest absolute Gasteiger partial charge is 0.399 e. The van der Waals surface area contributed by atoms with Crippen molar-refractivity contribution in [2.45, 2.75) is 6.92 Å². The number of tetrazole rings is 1. The third-order valence-corrected chi connectivity index (χ3v) is 4.03. The number of nitrogens with two attached hydrogens (primary N) is 1. The molecule has 3 aromatic rings. The third kappa shape index (κ3) is 2.40. The number of benzene rings is 2. The van der Waals surface area contributed by atoms with E-state index in [9.17, 15) is 4.39 Å². The zero-order valence-electron chi connectivity index (χ0n) is 11.1. The normalized spacial score (nSPS) is 10.8. The second-order valence-electron chi connectivity index (χ2n) is 4.54. The van der Waals surface area contributed by atoms with Crippen LogP contribution < -0.4 is 5.73 Å². The third-order valence-electron chi connectivity index (χ3n) is 3.17. The lowest BCUT2D eigenvalue weighted by Crippen LogP contribution is -2.03. The number of aromatic nitrogens is 4. The van der Waals surface area contributed by atoms with Gasteiger partial charge in [-0.2, -0.15) is 4.68 Å². The zero-order chi connectivity index (χ0) is 15.0. The Balaban J connectivity index is 2.20. The van der Waals surface area contributed by atoms with Crippen LogP contribution in [-0.4, -0.2) is 20.2 Å². The Bertz CT molecular complexity index is 815. The monoisotopic (exact) mass is 347 g/mol. The van der Waals surface area contributed by atoms with Crippen molar-refractivity contribution in [3.63, 3.8) is 0 Å². The summed E-state index contributed by atoms with van der Waals surface area (Å²) in [5.41, 5.74) is 7.96. The summed E-state index contributed by atoms with van der Waals surface area (Å²) in [5, 5.41) is 11.6. The first kappa shape index (κ1) is 13.7. The Labute approximate surface area is 128 Å².